The van der Waals surface area contributed by atoms with Gasteiger partial charge in [0, 0.05) is 17.5 Å². The molecule has 1 fully saturated rings. The molecule has 0 aromatic heterocycles. The Kier molecular flexibility index (Phi) is 1.41. The Labute approximate surface area is 77.8 Å². The van der Waals surface area contributed by atoms with E-state index in [0.29, 0.717) is 5.92 Å². The van der Waals surface area contributed by atoms with E-state index in [1.807, 2.05) is 0 Å². The van der Waals surface area contributed by atoms with Crippen LogP contribution in [-0.2, 0) is 4.74 Å². The third kappa shape index (κ3) is 0.923. The van der Waals surface area contributed by atoms with Crippen molar-refractivity contribution in [1.82, 2.24) is 0 Å². The van der Waals surface area contributed by atoms with E-state index in [2.05, 4.69) is 18.2 Å². The molecule has 2 aliphatic carbocycles. The molecule has 1 heterocycles. The summed E-state index contributed by atoms with van der Waals surface area (Å²) in [6.07, 6.45) is 8.52. The molecule has 2 heteroatoms. The van der Waals surface area contributed by atoms with E-state index >= 15 is 0 Å². The highest BCUT2D eigenvalue weighted by Gasteiger charge is 2.35. The third-order valence-electron chi connectivity index (χ3n) is 3.15. The zero-order chi connectivity index (χ0) is 8.84. The minimum atomic E-state index is 0.223. The van der Waals surface area contributed by atoms with Gasteiger partial charge in [0.25, 0.3) is 0 Å². The highest BCUT2D eigenvalue weighted by Crippen LogP contribution is 2.41. The van der Waals surface area contributed by atoms with E-state index in [4.69, 9.17) is 10.5 Å². The SMILES string of the molecule is NC1CC2CCOC2=C2C=CC=C21. The molecule has 0 aromatic carbocycles. The molecule has 2 unspecified atom stereocenters. The van der Waals surface area contributed by atoms with Crippen molar-refractivity contribution in [2.75, 3.05) is 6.61 Å². The van der Waals surface area contributed by atoms with Crippen molar-refractivity contribution in [3.63, 3.8) is 0 Å². The summed E-state index contributed by atoms with van der Waals surface area (Å²) < 4.78 is 5.65. The number of rotatable bonds is 0. The number of nitrogens with two attached hydrogens (primary N) is 1. The Hall–Kier alpha value is -1.02. The Bertz CT molecular complexity index is 338. The summed E-state index contributed by atoms with van der Waals surface area (Å²) in [6.45, 7) is 0.872. The summed E-state index contributed by atoms with van der Waals surface area (Å²) in [5, 5.41) is 0. The zero-order valence-corrected chi connectivity index (χ0v) is 7.49. The number of allylic oxidation sites excluding steroid dienone is 4. The van der Waals surface area contributed by atoms with Gasteiger partial charge in [-0.15, -0.1) is 0 Å². The zero-order valence-electron chi connectivity index (χ0n) is 7.49. The standard InChI is InChI=1S/C11H13NO/c12-10-6-7-4-5-13-11(7)9-3-1-2-8(9)10/h1-3,7,10H,4-6,12H2. The highest BCUT2D eigenvalue weighted by atomic mass is 16.5. The molecule has 0 radical (unpaired) electrons. The first-order valence-corrected chi connectivity index (χ1v) is 4.87. The van der Waals surface area contributed by atoms with Crippen LogP contribution in [-0.4, -0.2) is 12.6 Å². The number of hydrogen-bond acceptors (Lipinski definition) is 2. The third-order valence-corrected chi connectivity index (χ3v) is 3.15. The van der Waals surface area contributed by atoms with Crippen LogP contribution in [0.3, 0.4) is 0 Å². The molecule has 2 atom stereocenters. The fourth-order valence-corrected chi connectivity index (χ4v) is 2.50. The minimum Gasteiger partial charge on any atom is -0.497 e. The topological polar surface area (TPSA) is 35.2 Å². The van der Waals surface area contributed by atoms with Gasteiger partial charge in [0.15, 0.2) is 0 Å². The molecule has 13 heavy (non-hydrogen) atoms. The van der Waals surface area contributed by atoms with Crippen molar-refractivity contribution in [3.8, 4) is 0 Å². The number of ether oxygens (including phenoxy) is 1. The van der Waals surface area contributed by atoms with E-state index in [9.17, 15) is 0 Å². The first kappa shape index (κ1) is 7.39. The minimum absolute atomic E-state index is 0.223. The number of hydrogen-bond donors (Lipinski definition) is 1. The lowest BCUT2D eigenvalue weighted by atomic mass is 9.83. The summed E-state index contributed by atoms with van der Waals surface area (Å²) in [5.41, 5.74) is 8.61. The van der Waals surface area contributed by atoms with E-state index in [1.165, 1.54) is 16.9 Å². The average molecular weight is 175 g/mol. The summed E-state index contributed by atoms with van der Waals surface area (Å²) in [6, 6.07) is 0.223. The van der Waals surface area contributed by atoms with Crippen molar-refractivity contribution in [3.05, 3.63) is 35.1 Å². The van der Waals surface area contributed by atoms with Gasteiger partial charge in [-0.25, -0.2) is 0 Å². The van der Waals surface area contributed by atoms with Crippen LogP contribution in [0.1, 0.15) is 12.8 Å². The van der Waals surface area contributed by atoms with Crippen LogP contribution < -0.4 is 5.73 Å². The number of fused-ring (bicyclic) bond motifs is 2. The summed E-state index contributed by atoms with van der Waals surface area (Å²) in [4.78, 5) is 0. The normalized spacial score (nSPS) is 35.6. The first-order chi connectivity index (χ1) is 6.36. The van der Waals surface area contributed by atoms with Crippen molar-refractivity contribution in [2.45, 2.75) is 18.9 Å². The molecule has 1 aliphatic heterocycles. The van der Waals surface area contributed by atoms with Crippen LogP contribution >= 0.6 is 0 Å². The van der Waals surface area contributed by atoms with Gasteiger partial charge in [0.1, 0.15) is 5.76 Å². The first-order valence-electron chi connectivity index (χ1n) is 4.87. The van der Waals surface area contributed by atoms with E-state index in [-0.39, 0.29) is 6.04 Å². The summed E-state index contributed by atoms with van der Waals surface area (Å²) in [5.74, 6) is 1.78. The Morgan fingerprint density at radius 3 is 3.31 bits per heavy atom. The molecular weight excluding hydrogens is 162 g/mol. The van der Waals surface area contributed by atoms with Crippen LogP contribution in [0, 0.1) is 5.92 Å². The van der Waals surface area contributed by atoms with Gasteiger partial charge in [-0.3, -0.25) is 0 Å². The second-order valence-corrected chi connectivity index (χ2v) is 3.94. The molecule has 0 saturated carbocycles. The van der Waals surface area contributed by atoms with Crippen molar-refractivity contribution in [2.24, 2.45) is 11.7 Å². The molecule has 0 aromatic rings. The van der Waals surface area contributed by atoms with Crippen LogP contribution in [0.25, 0.3) is 0 Å². The lowest BCUT2D eigenvalue weighted by molar-refractivity contribution is 0.252. The predicted molar refractivity (Wildman–Crippen MR) is 50.9 cm³/mol. The quantitative estimate of drug-likeness (QED) is 0.605. The molecule has 3 aliphatic rings. The second kappa shape index (κ2) is 2.48. The second-order valence-electron chi connectivity index (χ2n) is 3.94. The van der Waals surface area contributed by atoms with Crippen molar-refractivity contribution in [1.29, 1.82) is 0 Å². The fraction of sp³-hybridized carbons (Fsp3) is 0.455. The van der Waals surface area contributed by atoms with Crippen molar-refractivity contribution < 1.29 is 4.74 Å². The molecule has 2 nitrogen and oxygen atoms in total. The molecule has 0 bridgehead atoms. The van der Waals surface area contributed by atoms with E-state index in [1.54, 1.807) is 0 Å². The smallest absolute Gasteiger partial charge is 0.107 e. The molecular formula is C11H13NO. The molecule has 2 N–H and O–H groups in total. The van der Waals surface area contributed by atoms with Gasteiger partial charge < -0.3 is 10.5 Å². The molecule has 0 amide bonds. The predicted octanol–water partition coefficient (Wildman–Crippen LogP) is 1.50. The maximum atomic E-state index is 6.08. The van der Waals surface area contributed by atoms with Crippen LogP contribution in [0.4, 0.5) is 0 Å². The van der Waals surface area contributed by atoms with Gasteiger partial charge in [0.05, 0.1) is 6.61 Å². The van der Waals surface area contributed by atoms with Crippen LogP contribution in [0.2, 0.25) is 0 Å². The Morgan fingerprint density at radius 2 is 2.38 bits per heavy atom. The van der Waals surface area contributed by atoms with Gasteiger partial charge in [0.2, 0.25) is 0 Å². The monoisotopic (exact) mass is 175 g/mol. The fourth-order valence-electron chi connectivity index (χ4n) is 2.50. The van der Waals surface area contributed by atoms with Crippen molar-refractivity contribution >= 4 is 0 Å². The van der Waals surface area contributed by atoms with Gasteiger partial charge in [-0.1, -0.05) is 18.2 Å². The summed E-state index contributed by atoms with van der Waals surface area (Å²) >= 11 is 0. The summed E-state index contributed by atoms with van der Waals surface area (Å²) in [7, 11) is 0. The molecule has 1 saturated heterocycles. The Balaban J connectivity index is 2.12. The lowest BCUT2D eigenvalue weighted by Gasteiger charge is -2.26. The Morgan fingerprint density at radius 1 is 1.46 bits per heavy atom. The maximum absolute atomic E-state index is 6.08. The molecule has 3 rings (SSSR count). The average Bonchev–Trinajstić information content (AvgIpc) is 2.66. The highest BCUT2D eigenvalue weighted by molar-refractivity contribution is 5.54. The van der Waals surface area contributed by atoms with Gasteiger partial charge in [-0.05, 0) is 18.4 Å². The molecule has 68 valence electrons. The largest absolute Gasteiger partial charge is 0.497 e. The van der Waals surface area contributed by atoms with E-state index in [0.717, 1.165) is 19.4 Å². The molecule has 0 spiro atoms. The van der Waals surface area contributed by atoms with Gasteiger partial charge in [-0.2, -0.15) is 0 Å². The van der Waals surface area contributed by atoms with Gasteiger partial charge >= 0.3 is 0 Å². The van der Waals surface area contributed by atoms with E-state index < -0.39 is 0 Å². The van der Waals surface area contributed by atoms with Crippen LogP contribution in [0.5, 0.6) is 0 Å². The van der Waals surface area contributed by atoms with Crippen LogP contribution in [0.15, 0.2) is 35.1 Å². The lowest BCUT2D eigenvalue weighted by Crippen LogP contribution is -2.30. The maximum Gasteiger partial charge on any atom is 0.107 e.